The van der Waals surface area contributed by atoms with Crippen LogP contribution >= 0.6 is 45.3 Å². The Kier molecular flexibility index (Phi) is 19.6. The maximum atomic E-state index is 12.5. The van der Waals surface area contributed by atoms with Gasteiger partial charge < -0.3 is 55.2 Å². The van der Waals surface area contributed by atoms with E-state index in [0.29, 0.717) is 112 Å². The summed E-state index contributed by atoms with van der Waals surface area (Å²) in [4.78, 5) is 100. The highest BCUT2D eigenvalue weighted by Crippen LogP contribution is 2.36. The monoisotopic (exact) mass is 1120 g/mol. The molecule has 23 heteroatoms. The Bertz CT molecular complexity index is 3500. The van der Waals surface area contributed by atoms with Gasteiger partial charge in [-0.15, -0.1) is 45.3 Å². The normalized spacial score (nSPS) is 13.4. The van der Waals surface area contributed by atoms with Crippen molar-refractivity contribution in [2.24, 2.45) is 0 Å². The van der Waals surface area contributed by atoms with E-state index in [1.807, 2.05) is 18.9 Å². The highest BCUT2D eigenvalue weighted by molar-refractivity contribution is 7.22. The van der Waals surface area contributed by atoms with Crippen molar-refractivity contribution in [2.45, 2.75) is 6.92 Å². The highest BCUT2D eigenvalue weighted by atomic mass is 32.1. The number of benzene rings is 4. The largest absolute Gasteiger partial charge is 0.507 e. The summed E-state index contributed by atoms with van der Waals surface area (Å²) in [5.41, 5.74) is 0.931. The molecular weight excluding hydrogens is 1070 g/mol. The zero-order chi connectivity index (χ0) is 55.3. The van der Waals surface area contributed by atoms with Crippen molar-refractivity contribution in [3.05, 3.63) is 115 Å². The number of methoxy groups -OCH3 is 1. The number of likely N-dealkylation sites (N-methyl/N-ethyl adjacent to an activating group) is 1. The minimum atomic E-state index is -0.213. The molecule has 0 unspecified atom stereocenters. The Morgan fingerprint density at radius 1 is 0.532 bits per heavy atom. The van der Waals surface area contributed by atoms with Gasteiger partial charge in [0, 0.05) is 99.8 Å². The summed E-state index contributed by atoms with van der Waals surface area (Å²) in [5, 5.41) is 46.4. The molecule has 2 saturated heterocycles. The van der Waals surface area contributed by atoms with Crippen LogP contribution in [0.15, 0.2) is 72.8 Å². The summed E-state index contributed by atoms with van der Waals surface area (Å²) in [6.07, 6.45) is 2.45. The van der Waals surface area contributed by atoms with E-state index < -0.39 is 0 Å². The van der Waals surface area contributed by atoms with Crippen molar-refractivity contribution >= 4 is 134 Å². The minimum Gasteiger partial charge on any atom is -0.507 e. The molecular formula is C54H53N5O14S4. The molecule has 6 heterocycles. The quantitative estimate of drug-likeness (QED) is 0.0506. The van der Waals surface area contributed by atoms with Crippen LogP contribution in [0.25, 0.3) is 40.3 Å². The van der Waals surface area contributed by atoms with E-state index in [1.54, 1.807) is 60.5 Å². The lowest BCUT2D eigenvalue weighted by Gasteiger charge is -2.32. The number of aldehydes is 4. The van der Waals surface area contributed by atoms with E-state index in [2.05, 4.69) is 15.5 Å². The summed E-state index contributed by atoms with van der Waals surface area (Å²) in [7, 11) is 3.60. The number of phenols is 4. The van der Waals surface area contributed by atoms with E-state index in [1.165, 1.54) is 69.6 Å². The van der Waals surface area contributed by atoms with Crippen LogP contribution in [0.3, 0.4) is 0 Å². The van der Waals surface area contributed by atoms with Gasteiger partial charge in [0.15, 0.2) is 25.1 Å². The molecule has 402 valence electrons. The van der Waals surface area contributed by atoms with Gasteiger partial charge in [-0.2, -0.15) is 0 Å². The topological polar surface area (TPSA) is 270 Å². The predicted octanol–water partition coefficient (Wildman–Crippen LogP) is 7.66. The molecule has 4 aromatic carbocycles. The third-order valence-corrected chi connectivity index (χ3v) is 16.6. The van der Waals surface area contributed by atoms with E-state index in [4.69, 9.17) is 9.47 Å². The number of carbonyl (C=O) groups excluding carboxylic acids is 8. The van der Waals surface area contributed by atoms with Crippen LogP contribution in [-0.2, 0) is 9.47 Å². The van der Waals surface area contributed by atoms with Gasteiger partial charge in [-0.05, 0) is 86.8 Å². The number of amides is 4. The lowest BCUT2D eigenvalue weighted by atomic mass is 10.1. The van der Waals surface area contributed by atoms with Crippen LogP contribution in [0.1, 0.15) is 87.0 Å². The van der Waals surface area contributed by atoms with Crippen LogP contribution in [0, 0.1) is 0 Å². The first-order valence-corrected chi connectivity index (χ1v) is 27.1. The van der Waals surface area contributed by atoms with E-state index in [9.17, 15) is 58.8 Å². The number of piperazine rings is 1. The number of phenolic OH excluding ortho intramolecular Hbond substituents is 4. The lowest BCUT2D eigenvalue weighted by Crippen LogP contribution is -2.46. The number of nitrogens with one attached hydrogen (secondary N) is 2. The molecule has 2 aliphatic heterocycles. The van der Waals surface area contributed by atoms with Crippen molar-refractivity contribution < 1.29 is 68.3 Å². The number of thiophene rings is 4. The molecule has 0 radical (unpaired) electrons. The van der Waals surface area contributed by atoms with Gasteiger partial charge in [0.25, 0.3) is 23.6 Å². The predicted molar refractivity (Wildman–Crippen MR) is 298 cm³/mol. The summed E-state index contributed by atoms with van der Waals surface area (Å²) in [5.74, 6) is -0.671. The first-order valence-electron chi connectivity index (χ1n) is 23.9. The molecule has 0 atom stereocenters. The summed E-state index contributed by atoms with van der Waals surface area (Å²) < 4.78 is 13.3. The molecule has 0 spiro atoms. The average molecular weight is 1120 g/mol. The summed E-state index contributed by atoms with van der Waals surface area (Å²) in [6.45, 7) is 8.71. The second-order valence-corrected chi connectivity index (χ2v) is 21.5. The number of ether oxygens (including phenoxy) is 2. The van der Waals surface area contributed by atoms with Gasteiger partial charge in [0.2, 0.25) is 0 Å². The number of nitrogens with zero attached hydrogens (tertiary/aromatic N) is 3. The molecule has 8 aromatic rings. The van der Waals surface area contributed by atoms with Gasteiger partial charge in [-0.25, -0.2) is 0 Å². The van der Waals surface area contributed by atoms with Gasteiger partial charge in [0.1, 0.15) is 23.0 Å². The minimum absolute atomic E-state index is 0.000591. The average Bonchev–Trinajstić information content (AvgIpc) is 4.27. The van der Waals surface area contributed by atoms with Crippen molar-refractivity contribution in [2.75, 3.05) is 86.3 Å². The summed E-state index contributed by atoms with van der Waals surface area (Å²) in [6, 6.07) is 19.4. The molecule has 2 aliphatic rings. The Balaban J connectivity index is 0.000000150. The van der Waals surface area contributed by atoms with E-state index in [-0.39, 0.29) is 68.9 Å². The van der Waals surface area contributed by atoms with E-state index >= 15 is 0 Å². The van der Waals surface area contributed by atoms with Crippen molar-refractivity contribution in [1.29, 1.82) is 0 Å². The highest BCUT2D eigenvalue weighted by Gasteiger charge is 2.24. The number of carbonyl (C=O) groups is 8. The Morgan fingerprint density at radius 3 is 1.22 bits per heavy atom. The fourth-order valence-electron chi connectivity index (χ4n) is 8.11. The lowest BCUT2D eigenvalue weighted by molar-refractivity contribution is 0.0306. The summed E-state index contributed by atoms with van der Waals surface area (Å²) >= 11 is 5.28. The second-order valence-electron chi connectivity index (χ2n) is 17.2. The van der Waals surface area contributed by atoms with Crippen LogP contribution in [0.2, 0.25) is 0 Å². The van der Waals surface area contributed by atoms with Crippen molar-refractivity contribution in [3.8, 4) is 23.0 Å². The third-order valence-electron chi connectivity index (χ3n) is 12.2. The molecule has 0 aliphatic carbocycles. The van der Waals surface area contributed by atoms with Gasteiger partial charge in [0.05, 0.1) is 61.6 Å². The molecule has 19 nitrogen and oxygen atoms in total. The zero-order valence-electron chi connectivity index (χ0n) is 41.9. The molecule has 0 bridgehead atoms. The Labute approximate surface area is 456 Å². The van der Waals surface area contributed by atoms with Crippen LogP contribution in [-0.4, -0.2) is 170 Å². The Hall–Kier alpha value is -7.64. The molecule has 10 rings (SSSR count). The first kappa shape index (κ1) is 57.1. The number of rotatable bonds is 12. The number of morpholine rings is 1. The number of aromatic hydroxyl groups is 4. The van der Waals surface area contributed by atoms with Crippen molar-refractivity contribution in [1.82, 2.24) is 25.3 Å². The second kappa shape index (κ2) is 26.4. The maximum absolute atomic E-state index is 12.5. The van der Waals surface area contributed by atoms with Gasteiger partial charge in [-0.1, -0.05) is 0 Å². The third kappa shape index (κ3) is 13.3. The SMILES string of the molecule is CCNC(=O)c1cc2c(C=O)c(O)ccc2s1.CN1CCN(C(=O)c2cc3c(C=O)c(O)ccc3s2)CC1.COCCNC(=O)c1cc2c(C=O)c(O)ccc2s1.O=Cc1c(O)ccc2sc(C(=O)N3CCOCC3)cc12. The van der Waals surface area contributed by atoms with E-state index in [0.717, 1.165) is 45.0 Å². The number of fused-ring (bicyclic) bond motifs is 4. The molecule has 4 amide bonds. The van der Waals surface area contributed by atoms with Crippen LogP contribution in [0.5, 0.6) is 23.0 Å². The van der Waals surface area contributed by atoms with Gasteiger partial charge in [-0.3, -0.25) is 38.4 Å². The van der Waals surface area contributed by atoms with Crippen LogP contribution in [0.4, 0.5) is 0 Å². The standard InChI is InChI=1S/C15H16N2O3S.C14H13NO4S.C13H13NO4S.C12H11NO3S/c1-16-4-6-17(7-5-16)15(20)14-8-10-11(9-18)12(19)2-3-13(10)21-14;16-8-10-9-7-13(20-12(9)2-1-11(10)17)14(18)15-3-5-19-6-4-15;1-18-5-4-14-13(17)12-6-8-9(7-15)10(16)2-3-11(8)19-12;1-2-13-12(16)11-5-7-8(6-14)9(15)3-4-10(7)17-11/h2-3,8-9,19H,4-7H2,1H3;1-2,7-8,17H,3-6H2;2-3,6-7,16H,4-5H2,1H3,(H,14,17);3-6,15H,2H2,1H3,(H,13,16). The fraction of sp³-hybridized carbons (Fsp3) is 0.259. The van der Waals surface area contributed by atoms with Crippen LogP contribution < -0.4 is 10.6 Å². The van der Waals surface area contributed by atoms with Crippen molar-refractivity contribution in [3.63, 3.8) is 0 Å². The van der Waals surface area contributed by atoms with Gasteiger partial charge >= 0.3 is 0 Å². The molecule has 0 saturated carbocycles. The smallest absolute Gasteiger partial charge is 0.264 e. The molecule has 77 heavy (non-hydrogen) atoms. The fourth-order valence-corrected chi connectivity index (χ4v) is 12.2. The number of hydrogen-bond donors (Lipinski definition) is 6. The first-order chi connectivity index (χ1) is 37.1. The maximum Gasteiger partial charge on any atom is 0.264 e. The zero-order valence-corrected chi connectivity index (χ0v) is 45.1. The molecule has 6 N–H and O–H groups in total. The number of hydrogen-bond acceptors (Lipinski definition) is 19. The Morgan fingerprint density at radius 2 is 0.870 bits per heavy atom. The molecule has 4 aromatic heterocycles. The molecule has 2 fully saturated rings.